The van der Waals surface area contributed by atoms with Crippen LogP contribution in [0.2, 0.25) is 0 Å². The maximum absolute atomic E-state index is 13.0. The van der Waals surface area contributed by atoms with Crippen molar-refractivity contribution in [3.8, 4) is 0 Å². The minimum absolute atomic E-state index is 0.0664. The number of nitrogens with zero attached hydrogens (tertiary/aromatic N) is 2. The molecule has 40 heavy (non-hydrogen) atoms. The van der Waals surface area contributed by atoms with Gasteiger partial charge in [0, 0.05) is 24.9 Å². The molecule has 0 unspecified atom stereocenters. The number of benzene rings is 1. The summed E-state index contributed by atoms with van der Waals surface area (Å²) in [5.41, 5.74) is 0.296. The third-order valence-electron chi connectivity index (χ3n) is 7.45. The summed E-state index contributed by atoms with van der Waals surface area (Å²) in [5.74, 6) is -1.44. The number of amides is 4. The van der Waals surface area contributed by atoms with E-state index in [2.05, 4.69) is 10.6 Å². The van der Waals surface area contributed by atoms with E-state index in [1.165, 1.54) is 4.90 Å². The van der Waals surface area contributed by atoms with Gasteiger partial charge in [-0.15, -0.1) is 0 Å². The summed E-state index contributed by atoms with van der Waals surface area (Å²) in [6.07, 6.45) is 1.05. The van der Waals surface area contributed by atoms with Gasteiger partial charge in [-0.1, -0.05) is 63.9 Å². The number of unbranched alkanes of at least 4 members (excludes halogenated alkanes) is 1. The van der Waals surface area contributed by atoms with E-state index in [1.807, 2.05) is 51.1 Å². The zero-order valence-corrected chi connectivity index (χ0v) is 23.9. The van der Waals surface area contributed by atoms with Crippen molar-refractivity contribution in [1.29, 1.82) is 0 Å². The molecule has 2 heterocycles. The SMILES string of the molecule is CCCC[C@H](NC(=O)O[C@@H]1CN(C(=O)OCCN2CCCC2=O)CC1(C)C)C(=O)C(=O)N[C@H](C)c1ccccc1. The van der Waals surface area contributed by atoms with E-state index < -0.39 is 41.4 Å². The van der Waals surface area contributed by atoms with Crippen LogP contribution >= 0.6 is 0 Å². The third kappa shape index (κ3) is 8.43. The summed E-state index contributed by atoms with van der Waals surface area (Å²) in [6, 6.07) is 7.87. The van der Waals surface area contributed by atoms with Crippen molar-refractivity contribution in [2.24, 2.45) is 5.41 Å². The highest BCUT2D eigenvalue weighted by atomic mass is 16.6. The predicted octanol–water partition coefficient (Wildman–Crippen LogP) is 3.19. The van der Waals surface area contributed by atoms with E-state index in [4.69, 9.17) is 9.47 Å². The fraction of sp³-hybridized carbons (Fsp3) is 0.621. The molecule has 0 radical (unpaired) electrons. The molecule has 0 saturated carbocycles. The number of likely N-dealkylation sites (tertiary alicyclic amines) is 2. The summed E-state index contributed by atoms with van der Waals surface area (Å²) in [5, 5.41) is 5.29. The highest BCUT2D eigenvalue weighted by Gasteiger charge is 2.45. The average molecular weight is 559 g/mol. The van der Waals surface area contributed by atoms with E-state index in [1.54, 1.807) is 11.8 Å². The number of alkyl carbamates (subject to hydrolysis) is 1. The molecule has 1 aromatic rings. The summed E-state index contributed by atoms with van der Waals surface area (Å²) in [4.78, 5) is 66.1. The monoisotopic (exact) mass is 558 g/mol. The van der Waals surface area contributed by atoms with Gasteiger partial charge in [0.2, 0.25) is 11.7 Å². The number of ketones is 1. The molecular formula is C29H42N4O7. The quantitative estimate of drug-likeness (QED) is 0.376. The second kappa shape index (κ2) is 14.1. The van der Waals surface area contributed by atoms with Crippen LogP contribution in [0.1, 0.15) is 71.4 Å². The molecule has 3 atom stereocenters. The van der Waals surface area contributed by atoms with Gasteiger partial charge in [-0.3, -0.25) is 14.4 Å². The first-order valence-corrected chi connectivity index (χ1v) is 14.1. The van der Waals surface area contributed by atoms with Crippen LogP contribution in [0.15, 0.2) is 30.3 Å². The fourth-order valence-electron chi connectivity index (χ4n) is 4.95. The minimum Gasteiger partial charge on any atom is -0.448 e. The zero-order chi connectivity index (χ0) is 29.3. The number of carbonyl (C=O) groups excluding carboxylic acids is 5. The average Bonchev–Trinajstić information content (AvgIpc) is 3.47. The van der Waals surface area contributed by atoms with Crippen molar-refractivity contribution in [3.63, 3.8) is 0 Å². The van der Waals surface area contributed by atoms with Gasteiger partial charge in [0.1, 0.15) is 18.8 Å². The van der Waals surface area contributed by atoms with Gasteiger partial charge in [0.15, 0.2) is 0 Å². The van der Waals surface area contributed by atoms with Crippen LogP contribution in [-0.4, -0.2) is 84.5 Å². The van der Waals surface area contributed by atoms with Gasteiger partial charge in [-0.25, -0.2) is 9.59 Å². The van der Waals surface area contributed by atoms with Crippen LogP contribution in [0.3, 0.4) is 0 Å². The first-order valence-electron chi connectivity index (χ1n) is 14.1. The number of rotatable bonds is 12. The number of nitrogens with one attached hydrogen (secondary N) is 2. The molecule has 1 aromatic carbocycles. The highest BCUT2D eigenvalue weighted by Crippen LogP contribution is 2.32. The molecule has 0 bridgehead atoms. The van der Waals surface area contributed by atoms with Crippen LogP contribution < -0.4 is 10.6 Å². The second-order valence-electron chi connectivity index (χ2n) is 11.2. The summed E-state index contributed by atoms with van der Waals surface area (Å²) in [6.45, 7) is 9.05. The van der Waals surface area contributed by atoms with Gasteiger partial charge >= 0.3 is 12.2 Å². The molecule has 0 aromatic heterocycles. The number of hydrogen-bond donors (Lipinski definition) is 2. The molecular weight excluding hydrogens is 516 g/mol. The van der Waals surface area contributed by atoms with E-state index >= 15 is 0 Å². The number of carbonyl (C=O) groups is 5. The van der Waals surface area contributed by atoms with Crippen LogP contribution in [0, 0.1) is 5.41 Å². The van der Waals surface area contributed by atoms with Crippen molar-refractivity contribution < 1.29 is 33.4 Å². The Balaban J connectivity index is 1.52. The van der Waals surface area contributed by atoms with E-state index in [0.717, 1.165) is 18.4 Å². The molecule has 2 aliphatic rings. The molecule has 0 aliphatic carbocycles. The molecule has 220 valence electrons. The van der Waals surface area contributed by atoms with E-state index in [9.17, 15) is 24.0 Å². The Morgan fingerprint density at radius 1 is 1.12 bits per heavy atom. The Kier molecular flexibility index (Phi) is 10.9. The standard InChI is InChI=1S/C29H42N4O7/c1-5-6-13-22(25(35)26(36)30-20(2)21-11-8-7-9-12-21)31-27(37)40-23-18-33(19-29(23,3)4)28(38)39-17-16-32-15-10-14-24(32)34/h7-9,11-12,20,22-23H,5-6,10,13-19H2,1-4H3,(H,30,36)(H,31,37)/t20-,22+,23-/m1/s1. The van der Waals surface area contributed by atoms with E-state index in [0.29, 0.717) is 38.9 Å². The molecule has 2 N–H and O–H groups in total. The largest absolute Gasteiger partial charge is 0.448 e. The third-order valence-corrected chi connectivity index (χ3v) is 7.45. The van der Waals surface area contributed by atoms with E-state index in [-0.39, 0.29) is 25.1 Å². The lowest BCUT2D eigenvalue weighted by Gasteiger charge is -2.26. The molecule has 3 rings (SSSR count). The Labute approximate surface area is 235 Å². The first-order chi connectivity index (χ1) is 19.0. The Hall–Kier alpha value is -3.63. The maximum Gasteiger partial charge on any atom is 0.409 e. The zero-order valence-electron chi connectivity index (χ0n) is 23.9. The van der Waals surface area contributed by atoms with Crippen molar-refractivity contribution in [2.75, 3.05) is 32.8 Å². The molecule has 2 saturated heterocycles. The summed E-state index contributed by atoms with van der Waals surface area (Å²) < 4.78 is 11.0. The number of hydrogen-bond acceptors (Lipinski definition) is 7. The lowest BCUT2D eigenvalue weighted by Crippen LogP contribution is -2.49. The molecule has 4 amide bonds. The lowest BCUT2D eigenvalue weighted by molar-refractivity contribution is -0.139. The topological polar surface area (TPSA) is 134 Å². The predicted molar refractivity (Wildman–Crippen MR) is 147 cm³/mol. The van der Waals surface area contributed by atoms with Gasteiger partial charge < -0.3 is 29.9 Å². The Morgan fingerprint density at radius 2 is 1.85 bits per heavy atom. The second-order valence-corrected chi connectivity index (χ2v) is 11.2. The van der Waals surface area contributed by atoms with Crippen molar-refractivity contribution in [2.45, 2.75) is 78.0 Å². The number of Topliss-reactive ketones (excluding diaryl/α,β-unsaturated/α-hetero) is 1. The smallest absolute Gasteiger partial charge is 0.409 e. The fourth-order valence-corrected chi connectivity index (χ4v) is 4.95. The first kappa shape index (κ1) is 30.9. The van der Waals surface area contributed by atoms with Crippen molar-refractivity contribution >= 4 is 29.8 Å². The van der Waals surface area contributed by atoms with Gasteiger partial charge in [0.05, 0.1) is 19.1 Å². The summed E-state index contributed by atoms with van der Waals surface area (Å²) >= 11 is 0. The Morgan fingerprint density at radius 3 is 2.50 bits per heavy atom. The molecule has 11 heteroatoms. The van der Waals surface area contributed by atoms with Crippen LogP contribution in [0.25, 0.3) is 0 Å². The van der Waals surface area contributed by atoms with Crippen LogP contribution in [-0.2, 0) is 23.9 Å². The molecule has 0 spiro atoms. The Bertz CT molecular complexity index is 1060. The van der Waals surface area contributed by atoms with Gasteiger partial charge in [-0.05, 0) is 25.3 Å². The highest BCUT2D eigenvalue weighted by molar-refractivity contribution is 6.38. The summed E-state index contributed by atoms with van der Waals surface area (Å²) in [7, 11) is 0. The molecule has 11 nitrogen and oxygen atoms in total. The maximum atomic E-state index is 13.0. The molecule has 2 fully saturated rings. The number of ether oxygens (including phenoxy) is 2. The lowest BCUT2D eigenvalue weighted by atomic mass is 9.90. The normalized spacial score (nSPS) is 19.6. The van der Waals surface area contributed by atoms with Crippen molar-refractivity contribution in [1.82, 2.24) is 20.4 Å². The van der Waals surface area contributed by atoms with Gasteiger partial charge in [0.25, 0.3) is 5.91 Å². The minimum atomic E-state index is -1.03. The van der Waals surface area contributed by atoms with Crippen molar-refractivity contribution in [3.05, 3.63) is 35.9 Å². The molecule has 2 aliphatic heterocycles. The van der Waals surface area contributed by atoms with Crippen LogP contribution in [0.5, 0.6) is 0 Å². The van der Waals surface area contributed by atoms with Gasteiger partial charge in [-0.2, -0.15) is 0 Å². The van der Waals surface area contributed by atoms with Crippen LogP contribution in [0.4, 0.5) is 9.59 Å².